The van der Waals surface area contributed by atoms with Gasteiger partial charge in [0.2, 0.25) is 0 Å². The zero-order chi connectivity index (χ0) is 13.7. The van der Waals surface area contributed by atoms with Gasteiger partial charge in [-0.3, -0.25) is 0 Å². The summed E-state index contributed by atoms with van der Waals surface area (Å²) in [6, 6.07) is 4.19. The Morgan fingerprint density at radius 1 is 1.37 bits per heavy atom. The summed E-state index contributed by atoms with van der Waals surface area (Å²) in [5.74, 6) is 1.58. The number of hydrogen-bond acceptors (Lipinski definition) is 3. The van der Waals surface area contributed by atoms with Crippen molar-refractivity contribution in [2.24, 2.45) is 5.92 Å². The molecule has 0 radical (unpaired) electrons. The summed E-state index contributed by atoms with van der Waals surface area (Å²) in [6.07, 6.45) is 2.40. The van der Waals surface area contributed by atoms with Crippen LogP contribution in [0.25, 0.3) is 0 Å². The fourth-order valence-corrected chi connectivity index (χ4v) is 3.86. The molecule has 1 fully saturated rings. The fraction of sp³-hybridized carbons (Fsp3) is 0.571. The smallest absolute Gasteiger partial charge is 0.147 e. The van der Waals surface area contributed by atoms with Gasteiger partial charge in [0.15, 0.2) is 0 Å². The van der Waals surface area contributed by atoms with Crippen LogP contribution in [0.4, 0.5) is 0 Å². The van der Waals surface area contributed by atoms with Gasteiger partial charge in [-0.25, -0.2) is 0 Å². The first-order chi connectivity index (χ1) is 9.20. The SMILES string of the molecule is COc1c(Br)cc(CNCCC2CCOC2)cc1Br. The van der Waals surface area contributed by atoms with Crippen LogP contribution in [-0.4, -0.2) is 26.9 Å². The molecule has 0 spiro atoms. The monoisotopic (exact) mass is 391 g/mol. The number of nitrogens with one attached hydrogen (secondary N) is 1. The van der Waals surface area contributed by atoms with Crippen molar-refractivity contribution in [3.63, 3.8) is 0 Å². The minimum atomic E-state index is 0.738. The van der Waals surface area contributed by atoms with Crippen LogP contribution < -0.4 is 10.1 Å². The molecule has 1 aliphatic heterocycles. The van der Waals surface area contributed by atoms with Crippen LogP contribution in [0.15, 0.2) is 21.1 Å². The van der Waals surface area contributed by atoms with Gasteiger partial charge < -0.3 is 14.8 Å². The topological polar surface area (TPSA) is 30.5 Å². The highest BCUT2D eigenvalue weighted by Gasteiger charge is 2.14. The van der Waals surface area contributed by atoms with Gasteiger partial charge in [-0.1, -0.05) is 0 Å². The van der Waals surface area contributed by atoms with Crippen LogP contribution in [0.5, 0.6) is 5.75 Å². The maximum absolute atomic E-state index is 5.38. The summed E-state index contributed by atoms with van der Waals surface area (Å²) in [5, 5.41) is 3.48. The Morgan fingerprint density at radius 2 is 2.11 bits per heavy atom. The number of methoxy groups -OCH3 is 1. The Hall–Kier alpha value is -0.100. The Kier molecular flexibility index (Phi) is 6.13. The lowest BCUT2D eigenvalue weighted by atomic mass is 10.1. The van der Waals surface area contributed by atoms with E-state index >= 15 is 0 Å². The zero-order valence-corrected chi connectivity index (χ0v) is 14.2. The molecule has 0 aromatic heterocycles. The van der Waals surface area contributed by atoms with Crippen molar-refractivity contribution >= 4 is 31.9 Å². The molecule has 0 bridgehead atoms. The molecule has 106 valence electrons. The molecular weight excluding hydrogens is 374 g/mol. The molecule has 1 heterocycles. The predicted octanol–water partition coefficient (Wildman–Crippen LogP) is 3.74. The lowest BCUT2D eigenvalue weighted by molar-refractivity contribution is 0.184. The van der Waals surface area contributed by atoms with E-state index in [0.717, 1.165) is 46.9 Å². The average Bonchev–Trinajstić information content (AvgIpc) is 2.87. The van der Waals surface area contributed by atoms with Gasteiger partial charge in [0.25, 0.3) is 0 Å². The molecule has 5 heteroatoms. The fourth-order valence-electron chi connectivity index (χ4n) is 2.26. The summed E-state index contributed by atoms with van der Waals surface area (Å²) < 4.78 is 12.6. The van der Waals surface area contributed by atoms with Crippen LogP contribution in [0.3, 0.4) is 0 Å². The third-order valence-corrected chi connectivity index (χ3v) is 4.52. The van der Waals surface area contributed by atoms with E-state index in [-0.39, 0.29) is 0 Å². The van der Waals surface area contributed by atoms with Gasteiger partial charge in [0.1, 0.15) is 5.75 Å². The van der Waals surface area contributed by atoms with Gasteiger partial charge in [0, 0.05) is 19.8 Å². The van der Waals surface area contributed by atoms with Crippen molar-refractivity contribution in [3.8, 4) is 5.75 Å². The van der Waals surface area contributed by atoms with Crippen molar-refractivity contribution in [2.45, 2.75) is 19.4 Å². The van der Waals surface area contributed by atoms with Gasteiger partial charge in [-0.05, 0) is 74.9 Å². The number of halogens is 2. The maximum Gasteiger partial charge on any atom is 0.147 e. The molecule has 1 N–H and O–H groups in total. The molecule has 1 aromatic rings. The third-order valence-electron chi connectivity index (χ3n) is 3.34. The van der Waals surface area contributed by atoms with Crippen LogP contribution in [0.1, 0.15) is 18.4 Å². The second-order valence-corrected chi connectivity index (χ2v) is 6.50. The van der Waals surface area contributed by atoms with E-state index in [1.54, 1.807) is 7.11 Å². The molecular formula is C14H19Br2NO2. The van der Waals surface area contributed by atoms with E-state index < -0.39 is 0 Å². The van der Waals surface area contributed by atoms with Crippen molar-refractivity contribution < 1.29 is 9.47 Å². The molecule has 1 aliphatic rings. The first-order valence-corrected chi connectivity index (χ1v) is 8.09. The van der Waals surface area contributed by atoms with Crippen molar-refractivity contribution in [1.82, 2.24) is 5.32 Å². The molecule has 1 saturated heterocycles. The van der Waals surface area contributed by atoms with E-state index in [0.29, 0.717) is 0 Å². The molecule has 2 rings (SSSR count). The van der Waals surface area contributed by atoms with Gasteiger partial charge >= 0.3 is 0 Å². The first kappa shape index (κ1) is 15.3. The highest BCUT2D eigenvalue weighted by Crippen LogP contribution is 2.34. The highest BCUT2D eigenvalue weighted by atomic mass is 79.9. The molecule has 1 atom stereocenters. The number of hydrogen-bond donors (Lipinski definition) is 1. The van der Waals surface area contributed by atoms with Crippen molar-refractivity contribution in [3.05, 3.63) is 26.6 Å². The first-order valence-electron chi connectivity index (χ1n) is 6.51. The number of ether oxygens (including phenoxy) is 2. The number of benzene rings is 1. The second-order valence-electron chi connectivity index (χ2n) is 4.79. The second kappa shape index (κ2) is 7.62. The Labute approximate surface area is 131 Å². The summed E-state index contributed by atoms with van der Waals surface area (Å²) >= 11 is 7.04. The summed E-state index contributed by atoms with van der Waals surface area (Å²) in [7, 11) is 1.67. The quantitative estimate of drug-likeness (QED) is 0.748. The molecule has 0 aliphatic carbocycles. The molecule has 1 unspecified atom stereocenters. The summed E-state index contributed by atoms with van der Waals surface area (Å²) in [6.45, 7) is 3.77. The van der Waals surface area contributed by atoms with E-state index in [4.69, 9.17) is 9.47 Å². The Bertz CT molecular complexity index is 397. The molecule has 0 saturated carbocycles. The van der Waals surface area contributed by atoms with E-state index in [2.05, 4.69) is 49.3 Å². The molecule has 1 aromatic carbocycles. The van der Waals surface area contributed by atoms with Crippen molar-refractivity contribution in [2.75, 3.05) is 26.9 Å². The van der Waals surface area contributed by atoms with Gasteiger partial charge in [-0.2, -0.15) is 0 Å². The standard InChI is InChI=1S/C14H19Br2NO2/c1-18-14-12(15)6-11(7-13(14)16)8-17-4-2-10-3-5-19-9-10/h6-7,10,17H,2-5,8-9H2,1H3. The third kappa shape index (κ3) is 4.45. The summed E-state index contributed by atoms with van der Waals surface area (Å²) in [5.41, 5.74) is 1.24. The van der Waals surface area contributed by atoms with Crippen LogP contribution in [-0.2, 0) is 11.3 Å². The summed E-state index contributed by atoms with van der Waals surface area (Å²) in [4.78, 5) is 0. The Morgan fingerprint density at radius 3 is 2.68 bits per heavy atom. The number of rotatable bonds is 6. The lowest BCUT2D eigenvalue weighted by Gasteiger charge is -2.11. The van der Waals surface area contributed by atoms with Gasteiger partial charge in [-0.15, -0.1) is 0 Å². The Balaban J connectivity index is 1.79. The molecule has 0 amide bonds. The van der Waals surface area contributed by atoms with E-state index in [1.807, 2.05) is 0 Å². The van der Waals surface area contributed by atoms with Crippen LogP contribution in [0, 0.1) is 5.92 Å². The minimum Gasteiger partial charge on any atom is -0.494 e. The predicted molar refractivity (Wildman–Crippen MR) is 83.6 cm³/mol. The van der Waals surface area contributed by atoms with Crippen molar-refractivity contribution in [1.29, 1.82) is 0 Å². The minimum absolute atomic E-state index is 0.738. The van der Waals surface area contributed by atoms with Gasteiger partial charge in [0.05, 0.1) is 16.1 Å². The highest BCUT2D eigenvalue weighted by molar-refractivity contribution is 9.11. The van der Waals surface area contributed by atoms with E-state index in [1.165, 1.54) is 18.4 Å². The van der Waals surface area contributed by atoms with Crippen LogP contribution in [0.2, 0.25) is 0 Å². The maximum atomic E-state index is 5.38. The van der Waals surface area contributed by atoms with E-state index in [9.17, 15) is 0 Å². The zero-order valence-electron chi connectivity index (χ0n) is 11.0. The normalized spacial score (nSPS) is 18.8. The lowest BCUT2D eigenvalue weighted by Crippen LogP contribution is -2.18. The van der Waals surface area contributed by atoms with Crippen LogP contribution >= 0.6 is 31.9 Å². The molecule has 19 heavy (non-hydrogen) atoms. The largest absolute Gasteiger partial charge is 0.494 e. The average molecular weight is 393 g/mol. The molecule has 3 nitrogen and oxygen atoms in total.